The van der Waals surface area contributed by atoms with Gasteiger partial charge in [0.1, 0.15) is 5.75 Å². The van der Waals surface area contributed by atoms with Crippen molar-refractivity contribution in [3.8, 4) is 17.1 Å². The van der Waals surface area contributed by atoms with Gasteiger partial charge in [0.25, 0.3) is 5.91 Å². The number of hydrogen-bond acceptors (Lipinski definition) is 5. The first-order valence-electron chi connectivity index (χ1n) is 8.97. The molecule has 3 rings (SSSR count). The topological polar surface area (TPSA) is 68.5 Å². The van der Waals surface area contributed by atoms with Crippen LogP contribution in [0.2, 0.25) is 5.02 Å². The maximum absolute atomic E-state index is 12.3. The highest BCUT2D eigenvalue weighted by Gasteiger charge is 2.15. The first-order valence-corrected chi connectivity index (χ1v) is 9.35. The molecule has 6 nitrogen and oxygen atoms in total. The maximum atomic E-state index is 12.3. The third-order valence-electron chi connectivity index (χ3n) is 4.28. The summed E-state index contributed by atoms with van der Waals surface area (Å²) in [4.78, 5) is 18.1. The molecule has 0 fully saturated rings. The minimum atomic E-state index is -0.181. The molecule has 0 spiro atoms. The summed E-state index contributed by atoms with van der Waals surface area (Å²) in [6.07, 6.45) is 0. The highest BCUT2D eigenvalue weighted by molar-refractivity contribution is 6.30. The van der Waals surface area contributed by atoms with Gasteiger partial charge in [-0.05, 0) is 47.9 Å². The Balaban J connectivity index is 1.53. The van der Waals surface area contributed by atoms with Crippen LogP contribution < -0.4 is 4.74 Å². The van der Waals surface area contributed by atoms with Gasteiger partial charge in [0.15, 0.2) is 6.61 Å². The van der Waals surface area contributed by atoms with Crippen molar-refractivity contribution in [2.45, 2.75) is 26.3 Å². The molecule has 0 saturated heterocycles. The third kappa shape index (κ3) is 5.10. The number of amides is 1. The van der Waals surface area contributed by atoms with Gasteiger partial charge in [0.05, 0.1) is 6.54 Å². The maximum Gasteiger partial charge on any atom is 0.260 e. The Kier molecular flexibility index (Phi) is 6.31. The predicted molar refractivity (Wildman–Crippen MR) is 107 cm³/mol. The Bertz CT molecular complexity index is 921. The summed E-state index contributed by atoms with van der Waals surface area (Å²) in [7, 11) is 1.67. The molecule has 0 aliphatic heterocycles. The molecule has 7 heteroatoms. The van der Waals surface area contributed by atoms with Crippen LogP contribution in [0.4, 0.5) is 0 Å². The molecular formula is C21H22ClN3O3. The van der Waals surface area contributed by atoms with Crippen LogP contribution in [0.3, 0.4) is 0 Å². The van der Waals surface area contributed by atoms with Gasteiger partial charge in [-0.25, -0.2) is 0 Å². The lowest BCUT2D eigenvalue weighted by molar-refractivity contribution is -0.132. The van der Waals surface area contributed by atoms with Crippen LogP contribution in [0, 0.1) is 0 Å². The smallest absolute Gasteiger partial charge is 0.260 e. The summed E-state index contributed by atoms with van der Waals surface area (Å²) in [5, 5.41) is 4.58. The van der Waals surface area contributed by atoms with E-state index < -0.39 is 0 Å². The van der Waals surface area contributed by atoms with E-state index in [1.54, 1.807) is 19.2 Å². The van der Waals surface area contributed by atoms with Crippen molar-refractivity contribution in [2.24, 2.45) is 0 Å². The Labute approximate surface area is 169 Å². The molecule has 0 unspecified atom stereocenters. The Hall–Kier alpha value is -2.86. The van der Waals surface area contributed by atoms with Crippen molar-refractivity contribution in [1.82, 2.24) is 15.0 Å². The molecule has 2 aromatic carbocycles. The summed E-state index contributed by atoms with van der Waals surface area (Å²) in [6, 6.07) is 14.9. The van der Waals surface area contributed by atoms with E-state index >= 15 is 0 Å². The molecule has 0 atom stereocenters. The Morgan fingerprint density at radius 3 is 2.46 bits per heavy atom. The van der Waals surface area contributed by atoms with Crippen molar-refractivity contribution in [3.63, 3.8) is 0 Å². The molecule has 0 aliphatic carbocycles. The van der Waals surface area contributed by atoms with E-state index in [1.807, 2.05) is 36.4 Å². The summed E-state index contributed by atoms with van der Waals surface area (Å²) < 4.78 is 10.8. The summed E-state index contributed by atoms with van der Waals surface area (Å²) >= 11 is 5.88. The van der Waals surface area contributed by atoms with E-state index in [-0.39, 0.29) is 19.1 Å². The highest BCUT2D eigenvalue weighted by atomic mass is 35.5. The molecule has 0 aliphatic rings. The van der Waals surface area contributed by atoms with Gasteiger partial charge in [-0.1, -0.05) is 42.7 Å². The van der Waals surface area contributed by atoms with Crippen molar-refractivity contribution in [3.05, 3.63) is 65.0 Å². The third-order valence-corrected chi connectivity index (χ3v) is 4.53. The van der Waals surface area contributed by atoms with E-state index in [4.69, 9.17) is 20.9 Å². The lowest BCUT2D eigenvalue weighted by Crippen LogP contribution is -2.31. The second kappa shape index (κ2) is 8.89. The van der Waals surface area contributed by atoms with E-state index in [2.05, 4.69) is 24.0 Å². The average molecular weight is 400 g/mol. The van der Waals surface area contributed by atoms with Crippen LogP contribution >= 0.6 is 11.6 Å². The van der Waals surface area contributed by atoms with Crippen LogP contribution in [0.15, 0.2) is 53.1 Å². The number of halogens is 1. The molecule has 1 heterocycles. The van der Waals surface area contributed by atoms with Gasteiger partial charge >= 0.3 is 0 Å². The Morgan fingerprint density at radius 2 is 1.82 bits per heavy atom. The quantitative estimate of drug-likeness (QED) is 0.583. The zero-order valence-corrected chi connectivity index (χ0v) is 16.8. The lowest BCUT2D eigenvalue weighted by atomic mass is 10.0. The van der Waals surface area contributed by atoms with Crippen molar-refractivity contribution in [1.29, 1.82) is 0 Å². The molecular weight excluding hydrogens is 378 g/mol. The summed E-state index contributed by atoms with van der Waals surface area (Å²) in [6.45, 7) is 4.40. The fourth-order valence-electron chi connectivity index (χ4n) is 2.53. The molecule has 0 bridgehead atoms. The van der Waals surface area contributed by atoms with Crippen molar-refractivity contribution < 1.29 is 14.1 Å². The molecule has 3 aromatic rings. The normalized spacial score (nSPS) is 10.9. The van der Waals surface area contributed by atoms with E-state index in [0.29, 0.717) is 28.4 Å². The van der Waals surface area contributed by atoms with Gasteiger partial charge in [0, 0.05) is 17.6 Å². The number of carbonyl (C=O) groups excluding carboxylic acids is 1. The number of hydrogen-bond donors (Lipinski definition) is 0. The van der Waals surface area contributed by atoms with Gasteiger partial charge < -0.3 is 14.2 Å². The molecule has 1 amide bonds. The summed E-state index contributed by atoms with van der Waals surface area (Å²) in [5.74, 6) is 1.73. The van der Waals surface area contributed by atoms with Gasteiger partial charge in [-0.2, -0.15) is 4.98 Å². The number of benzene rings is 2. The molecule has 146 valence electrons. The zero-order valence-electron chi connectivity index (χ0n) is 16.1. The second-order valence-electron chi connectivity index (χ2n) is 6.78. The van der Waals surface area contributed by atoms with Crippen molar-refractivity contribution >= 4 is 17.5 Å². The number of aromatic nitrogens is 2. The lowest BCUT2D eigenvalue weighted by Gasteiger charge is -2.15. The van der Waals surface area contributed by atoms with E-state index in [1.165, 1.54) is 10.5 Å². The largest absolute Gasteiger partial charge is 0.484 e. The molecule has 0 radical (unpaired) electrons. The highest BCUT2D eigenvalue weighted by Crippen LogP contribution is 2.20. The SMILES string of the molecule is CC(C)c1ccc(OCC(=O)N(C)Cc2nc(-c3ccc(Cl)cc3)no2)cc1. The van der Waals surface area contributed by atoms with Gasteiger partial charge in [0.2, 0.25) is 11.7 Å². The minimum Gasteiger partial charge on any atom is -0.484 e. The Morgan fingerprint density at radius 1 is 1.14 bits per heavy atom. The fraction of sp³-hybridized carbons (Fsp3) is 0.286. The minimum absolute atomic E-state index is 0.0598. The molecule has 0 N–H and O–H groups in total. The molecule has 0 saturated carbocycles. The monoisotopic (exact) mass is 399 g/mol. The number of rotatable bonds is 7. The van der Waals surface area contributed by atoms with Gasteiger partial charge in [-0.15, -0.1) is 0 Å². The first-order chi connectivity index (χ1) is 13.4. The van der Waals surface area contributed by atoms with Gasteiger partial charge in [-0.3, -0.25) is 4.79 Å². The van der Waals surface area contributed by atoms with Crippen LogP contribution in [-0.2, 0) is 11.3 Å². The van der Waals surface area contributed by atoms with Crippen molar-refractivity contribution in [2.75, 3.05) is 13.7 Å². The average Bonchev–Trinajstić information content (AvgIpc) is 3.15. The predicted octanol–water partition coefficient (Wildman–Crippen LogP) is 4.55. The summed E-state index contributed by atoms with van der Waals surface area (Å²) in [5.41, 5.74) is 2.02. The van der Waals surface area contributed by atoms with Crippen LogP contribution in [0.5, 0.6) is 5.75 Å². The standard InChI is InChI=1S/C21H22ClN3O3/c1-14(2)15-6-10-18(11-7-15)27-13-20(26)25(3)12-19-23-21(24-28-19)16-4-8-17(22)9-5-16/h4-11,14H,12-13H2,1-3H3. The number of likely N-dealkylation sites (N-methyl/N-ethyl adjacent to an activating group) is 1. The number of nitrogens with zero attached hydrogens (tertiary/aromatic N) is 3. The first kappa shape index (κ1) is 19.9. The number of ether oxygens (including phenoxy) is 1. The van der Waals surface area contributed by atoms with Crippen LogP contribution in [0.25, 0.3) is 11.4 Å². The van der Waals surface area contributed by atoms with E-state index in [9.17, 15) is 4.79 Å². The zero-order chi connectivity index (χ0) is 20.1. The molecule has 1 aromatic heterocycles. The van der Waals surface area contributed by atoms with E-state index in [0.717, 1.165) is 5.56 Å². The van der Waals surface area contributed by atoms with Crippen LogP contribution in [-0.4, -0.2) is 34.6 Å². The fourth-order valence-corrected chi connectivity index (χ4v) is 2.66. The number of carbonyl (C=O) groups is 1. The van der Waals surface area contributed by atoms with Crippen LogP contribution in [0.1, 0.15) is 31.2 Å². The second-order valence-corrected chi connectivity index (χ2v) is 7.22. The molecule has 28 heavy (non-hydrogen) atoms.